The number of hydrogen-bond donors (Lipinski definition) is 1. The van der Waals surface area contributed by atoms with Gasteiger partial charge >= 0.3 is 6.18 Å². The van der Waals surface area contributed by atoms with Crippen LogP contribution in [0, 0.1) is 0 Å². The third kappa shape index (κ3) is 2.63. The maximum Gasteiger partial charge on any atom is 0.417 e. The smallest absolute Gasteiger partial charge is 0.307 e. The average molecular weight is 284 g/mol. The molecule has 4 nitrogen and oxygen atoms in total. The zero-order valence-corrected chi connectivity index (χ0v) is 10.8. The summed E-state index contributed by atoms with van der Waals surface area (Å²) in [5.74, 6) is 0.512. The van der Waals surface area contributed by atoms with Crippen LogP contribution in [0.3, 0.4) is 0 Å². The van der Waals surface area contributed by atoms with Crippen molar-refractivity contribution in [3.05, 3.63) is 29.7 Å². The first kappa shape index (κ1) is 13.4. The van der Waals surface area contributed by atoms with Gasteiger partial charge < -0.3 is 5.32 Å². The minimum Gasteiger partial charge on any atom is -0.307 e. The van der Waals surface area contributed by atoms with Crippen molar-refractivity contribution < 1.29 is 13.2 Å². The van der Waals surface area contributed by atoms with Gasteiger partial charge in [0.15, 0.2) is 11.5 Å². The number of nitrogens with one attached hydrogen (secondary N) is 1. The third-order valence-corrected chi connectivity index (χ3v) is 3.70. The van der Waals surface area contributed by atoms with E-state index in [1.54, 1.807) is 0 Å². The standard InChI is InChI=1S/C13H15F3N4/c14-13(15,16)9-5-6-11-18-19-12(20(11)8-9)7-17-10-3-1-2-4-10/h5-6,8,10,17H,1-4,7H2. The van der Waals surface area contributed by atoms with Crippen LogP contribution in [0.5, 0.6) is 0 Å². The van der Waals surface area contributed by atoms with Gasteiger partial charge in [-0.1, -0.05) is 12.8 Å². The Morgan fingerprint density at radius 2 is 1.95 bits per heavy atom. The molecule has 1 aliphatic rings. The molecule has 7 heteroatoms. The highest BCUT2D eigenvalue weighted by Crippen LogP contribution is 2.29. The summed E-state index contributed by atoms with van der Waals surface area (Å²) in [6.45, 7) is 0.438. The second-order valence-corrected chi connectivity index (χ2v) is 5.12. The van der Waals surface area contributed by atoms with E-state index in [9.17, 15) is 13.2 Å². The van der Waals surface area contributed by atoms with E-state index in [-0.39, 0.29) is 0 Å². The summed E-state index contributed by atoms with van der Waals surface area (Å²) in [6, 6.07) is 2.81. The van der Waals surface area contributed by atoms with Crippen LogP contribution in [0.25, 0.3) is 5.65 Å². The molecule has 0 atom stereocenters. The van der Waals surface area contributed by atoms with Crippen molar-refractivity contribution in [2.24, 2.45) is 0 Å². The highest BCUT2D eigenvalue weighted by atomic mass is 19.4. The molecule has 0 aromatic carbocycles. The van der Waals surface area contributed by atoms with Gasteiger partial charge in [0, 0.05) is 12.2 Å². The predicted octanol–water partition coefficient (Wildman–Crippen LogP) is 2.78. The topological polar surface area (TPSA) is 42.2 Å². The van der Waals surface area contributed by atoms with Crippen molar-refractivity contribution in [3.8, 4) is 0 Å². The first-order chi connectivity index (χ1) is 9.54. The molecular weight excluding hydrogens is 269 g/mol. The molecule has 2 aromatic heterocycles. The molecule has 0 amide bonds. The van der Waals surface area contributed by atoms with Crippen LogP contribution >= 0.6 is 0 Å². The molecule has 0 saturated heterocycles. The highest BCUT2D eigenvalue weighted by Gasteiger charge is 2.31. The van der Waals surface area contributed by atoms with E-state index in [1.165, 1.54) is 23.3 Å². The molecule has 0 aliphatic heterocycles. The first-order valence-corrected chi connectivity index (χ1v) is 6.68. The summed E-state index contributed by atoms with van der Waals surface area (Å²) in [5.41, 5.74) is -0.256. The van der Waals surface area contributed by atoms with E-state index in [4.69, 9.17) is 0 Å². The lowest BCUT2D eigenvalue weighted by atomic mass is 10.2. The summed E-state index contributed by atoms with van der Waals surface area (Å²) >= 11 is 0. The molecule has 1 saturated carbocycles. The van der Waals surface area contributed by atoms with Gasteiger partial charge in [-0.05, 0) is 25.0 Å². The van der Waals surface area contributed by atoms with Gasteiger partial charge in [0.1, 0.15) is 0 Å². The van der Waals surface area contributed by atoms with E-state index < -0.39 is 11.7 Å². The fourth-order valence-electron chi connectivity index (χ4n) is 2.59. The second-order valence-electron chi connectivity index (χ2n) is 5.12. The number of fused-ring (bicyclic) bond motifs is 1. The number of alkyl halides is 3. The van der Waals surface area contributed by atoms with E-state index in [2.05, 4.69) is 15.5 Å². The largest absolute Gasteiger partial charge is 0.417 e. The molecular formula is C13H15F3N4. The van der Waals surface area contributed by atoms with Crippen molar-refractivity contribution in [1.29, 1.82) is 0 Å². The maximum atomic E-state index is 12.7. The summed E-state index contributed by atoms with van der Waals surface area (Å²) < 4.78 is 39.6. The number of aromatic nitrogens is 3. The Morgan fingerprint density at radius 3 is 2.65 bits per heavy atom. The fraction of sp³-hybridized carbons (Fsp3) is 0.538. The molecule has 1 N–H and O–H groups in total. The van der Waals surface area contributed by atoms with Crippen LogP contribution in [0.2, 0.25) is 0 Å². The van der Waals surface area contributed by atoms with Crippen LogP contribution in [0.1, 0.15) is 37.1 Å². The number of nitrogens with zero attached hydrogens (tertiary/aromatic N) is 3. The summed E-state index contributed by atoms with van der Waals surface area (Å²) in [7, 11) is 0. The number of pyridine rings is 1. The van der Waals surface area contributed by atoms with Crippen LogP contribution in [-0.2, 0) is 12.7 Å². The van der Waals surface area contributed by atoms with E-state index in [0.717, 1.165) is 25.1 Å². The number of hydrogen-bond acceptors (Lipinski definition) is 3. The van der Waals surface area contributed by atoms with Gasteiger partial charge in [0.2, 0.25) is 0 Å². The van der Waals surface area contributed by atoms with Crippen molar-refractivity contribution in [1.82, 2.24) is 19.9 Å². The van der Waals surface area contributed by atoms with E-state index in [0.29, 0.717) is 24.1 Å². The molecule has 20 heavy (non-hydrogen) atoms. The van der Waals surface area contributed by atoms with Gasteiger partial charge in [-0.2, -0.15) is 13.2 Å². The molecule has 3 rings (SSSR count). The fourth-order valence-corrected chi connectivity index (χ4v) is 2.59. The maximum absolute atomic E-state index is 12.7. The Morgan fingerprint density at radius 1 is 1.20 bits per heavy atom. The predicted molar refractivity (Wildman–Crippen MR) is 67.1 cm³/mol. The van der Waals surface area contributed by atoms with Crippen LogP contribution in [0.15, 0.2) is 18.3 Å². The summed E-state index contributed by atoms with van der Waals surface area (Å²) in [4.78, 5) is 0. The zero-order chi connectivity index (χ0) is 14.2. The van der Waals surface area contributed by atoms with Crippen molar-refractivity contribution in [3.63, 3.8) is 0 Å². The Kier molecular flexibility index (Phi) is 3.37. The van der Waals surface area contributed by atoms with Crippen molar-refractivity contribution in [2.75, 3.05) is 0 Å². The SMILES string of the molecule is FC(F)(F)c1ccc2nnc(CNC3CCCC3)n2c1. The monoisotopic (exact) mass is 284 g/mol. The van der Waals surface area contributed by atoms with E-state index in [1.807, 2.05) is 0 Å². The van der Waals surface area contributed by atoms with Gasteiger partial charge in [-0.25, -0.2) is 0 Å². The summed E-state index contributed by atoms with van der Waals surface area (Å²) in [6.07, 6.45) is 1.34. The molecule has 1 aliphatic carbocycles. The Bertz CT molecular complexity index is 599. The molecule has 2 aromatic rings. The van der Waals surface area contributed by atoms with Gasteiger partial charge in [0.25, 0.3) is 0 Å². The van der Waals surface area contributed by atoms with Crippen molar-refractivity contribution >= 4 is 5.65 Å². The van der Waals surface area contributed by atoms with Crippen LogP contribution < -0.4 is 5.32 Å². The Balaban J connectivity index is 1.83. The van der Waals surface area contributed by atoms with Crippen molar-refractivity contribution in [2.45, 2.75) is 44.4 Å². The third-order valence-electron chi connectivity index (χ3n) is 3.70. The molecule has 0 spiro atoms. The Hall–Kier alpha value is -1.63. The van der Waals surface area contributed by atoms with Gasteiger partial charge in [-0.3, -0.25) is 4.40 Å². The number of halogens is 3. The second kappa shape index (κ2) is 5.05. The lowest BCUT2D eigenvalue weighted by Crippen LogP contribution is -2.26. The molecule has 0 unspecified atom stereocenters. The van der Waals surface area contributed by atoms with Crippen LogP contribution in [0.4, 0.5) is 13.2 Å². The minimum absolute atomic E-state index is 0.432. The van der Waals surface area contributed by atoms with Gasteiger partial charge in [-0.15, -0.1) is 10.2 Å². The molecule has 0 bridgehead atoms. The normalized spacial score (nSPS) is 17.1. The quantitative estimate of drug-likeness (QED) is 0.942. The first-order valence-electron chi connectivity index (χ1n) is 6.68. The Labute approximate surface area is 114 Å². The van der Waals surface area contributed by atoms with E-state index >= 15 is 0 Å². The lowest BCUT2D eigenvalue weighted by Gasteiger charge is -2.11. The van der Waals surface area contributed by atoms with Gasteiger partial charge in [0.05, 0.1) is 12.1 Å². The lowest BCUT2D eigenvalue weighted by molar-refractivity contribution is -0.137. The minimum atomic E-state index is -4.35. The molecule has 1 fully saturated rings. The average Bonchev–Trinajstić information content (AvgIpc) is 3.04. The van der Waals surface area contributed by atoms with Crippen LogP contribution in [-0.4, -0.2) is 20.6 Å². The highest BCUT2D eigenvalue weighted by molar-refractivity contribution is 5.40. The molecule has 0 radical (unpaired) electrons. The summed E-state index contributed by atoms with van der Waals surface area (Å²) in [5, 5.41) is 11.2. The zero-order valence-electron chi connectivity index (χ0n) is 10.8. The number of rotatable bonds is 3. The molecule has 2 heterocycles. The molecule has 108 valence electrons.